The van der Waals surface area contributed by atoms with E-state index in [4.69, 9.17) is 0 Å². The summed E-state index contributed by atoms with van der Waals surface area (Å²) < 4.78 is 0. The van der Waals surface area contributed by atoms with Crippen LogP contribution in [0.2, 0.25) is 0 Å². The van der Waals surface area contributed by atoms with Crippen LogP contribution in [-0.4, -0.2) is 0 Å². The largest absolute Gasteiger partial charge is 0.0914 e. The average molecular weight is 180 g/mol. The first-order valence-corrected chi connectivity index (χ1v) is 5.50. The van der Waals surface area contributed by atoms with E-state index < -0.39 is 0 Å². The van der Waals surface area contributed by atoms with Gasteiger partial charge in [-0.1, -0.05) is 51.5 Å². The summed E-state index contributed by atoms with van der Waals surface area (Å²) in [4.78, 5) is 0. The molecule has 0 radical (unpaired) electrons. The van der Waals surface area contributed by atoms with Gasteiger partial charge in [-0.15, -0.1) is 0 Å². The lowest BCUT2D eigenvalue weighted by Crippen LogP contribution is -1.89. The van der Waals surface area contributed by atoms with E-state index in [1.807, 2.05) is 0 Å². The van der Waals surface area contributed by atoms with E-state index in [0.717, 1.165) is 5.92 Å². The first-order valence-electron chi connectivity index (χ1n) is 5.50. The SMILES string of the molecule is C/C=C/C(C)C/C=C/C(C)CCC. The molecule has 0 amide bonds. The van der Waals surface area contributed by atoms with Gasteiger partial charge in [-0.3, -0.25) is 0 Å². The van der Waals surface area contributed by atoms with Crippen LogP contribution in [-0.2, 0) is 0 Å². The molecule has 13 heavy (non-hydrogen) atoms. The third-order valence-electron chi connectivity index (χ3n) is 2.24. The van der Waals surface area contributed by atoms with Crippen molar-refractivity contribution in [2.24, 2.45) is 11.8 Å². The molecule has 0 aliphatic carbocycles. The van der Waals surface area contributed by atoms with Gasteiger partial charge < -0.3 is 0 Å². The molecule has 0 aliphatic heterocycles. The topological polar surface area (TPSA) is 0 Å². The normalized spacial score (nSPS) is 16.9. The number of hydrogen-bond donors (Lipinski definition) is 0. The summed E-state index contributed by atoms with van der Waals surface area (Å²) in [7, 11) is 0. The molecule has 0 spiro atoms. The van der Waals surface area contributed by atoms with Crippen molar-refractivity contribution in [2.45, 2.75) is 47.0 Å². The fraction of sp³-hybridized carbons (Fsp3) is 0.692. The zero-order chi connectivity index (χ0) is 10.1. The molecule has 0 bridgehead atoms. The highest BCUT2D eigenvalue weighted by molar-refractivity contribution is 4.92. The number of allylic oxidation sites excluding steroid dienone is 4. The molecule has 0 N–H and O–H groups in total. The quantitative estimate of drug-likeness (QED) is 0.525. The Balaban J connectivity index is 3.61. The lowest BCUT2D eigenvalue weighted by molar-refractivity contribution is 0.628. The van der Waals surface area contributed by atoms with Gasteiger partial charge in [0.25, 0.3) is 0 Å². The second-order valence-electron chi connectivity index (χ2n) is 3.93. The minimum absolute atomic E-state index is 0.690. The van der Waals surface area contributed by atoms with Crippen molar-refractivity contribution in [2.75, 3.05) is 0 Å². The van der Waals surface area contributed by atoms with Crippen LogP contribution in [0.4, 0.5) is 0 Å². The molecule has 76 valence electrons. The van der Waals surface area contributed by atoms with Crippen LogP contribution in [0.15, 0.2) is 24.3 Å². The molecule has 0 aliphatic rings. The van der Waals surface area contributed by atoms with Crippen LogP contribution >= 0.6 is 0 Å². The Bertz CT molecular complexity index is 153. The minimum atomic E-state index is 0.690. The Morgan fingerprint density at radius 2 is 1.77 bits per heavy atom. The average Bonchev–Trinajstić information content (AvgIpc) is 2.05. The molecule has 0 nitrogen and oxygen atoms in total. The molecule has 0 saturated carbocycles. The molecule has 0 heterocycles. The lowest BCUT2D eigenvalue weighted by Gasteiger charge is -2.04. The van der Waals surface area contributed by atoms with E-state index in [1.54, 1.807) is 0 Å². The molecule has 0 saturated heterocycles. The third kappa shape index (κ3) is 7.83. The molecule has 0 fully saturated rings. The molecule has 2 unspecified atom stereocenters. The first-order chi connectivity index (χ1) is 6.20. The smallest absolute Gasteiger partial charge is 0.0227 e. The number of rotatable bonds is 6. The molecule has 0 aromatic heterocycles. The van der Waals surface area contributed by atoms with Crippen molar-refractivity contribution in [1.82, 2.24) is 0 Å². The fourth-order valence-corrected chi connectivity index (χ4v) is 1.48. The Labute approximate surface area is 83.7 Å². The van der Waals surface area contributed by atoms with Gasteiger partial charge in [0.2, 0.25) is 0 Å². The summed E-state index contributed by atoms with van der Waals surface area (Å²) in [6.07, 6.45) is 12.8. The van der Waals surface area contributed by atoms with Crippen molar-refractivity contribution < 1.29 is 0 Å². The molecule has 0 heteroatoms. The molecule has 0 aromatic rings. The summed E-state index contributed by atoms with van der Waals surface area (Å²) in [6, 6.07) is 0. The Morgan fingerprint density at radius 1 is 1.08 bits per heavy atom. The second-order valence-corrected chi connectivity index (χ2v) is 3.93. The van der Waals surface area contributed by atoms with Crippen molar-refractivity contribution in [3.8, 4) is 0 Å². The van der Waals surface area contributed by atoms with Crippen molar-refractivity contribution in [1.29, 1.82) is 0 Å². The van der Waals surface area contributed by atoms with Crippen molar-refractivity contribution in [3.63, 3.8) is 0 Å². The van der Waals surface area contributed by atoms with Crippen LogP contribution in [0.1, 0.15) is 47.0 Å². The highest BCUT2D eigenvalue weighted by Crippen LogP contribution is 2.10. The van der Waals surface area contributed by atoms with Gasteiger partial charge in [-0.2, -0.15) is 0 Å². The maximum Gasteiger partial charge on any atom is -0.0227 e. The van der Waals surface area contributed by atoms with E-state index in [9.17, 15) is 0 Å². The van der Waals surface area contributed by atoms with Crippen LogP contribution in [0.25, 0.3) is 0 Å². The van der Waals surface area contributed by atoms with Crippen molar-refractivity contribution in [3.05, 3.63) is 24.3 Å². The third-order valence-corrected chi connectivity index (χ3v) is 2.24. The standard InChI is InChI=1S/C13H24/c1-5-8-12(3)10-7-11-13(4)9-6-2/h5,7-8,11-13H,6,9-10H2,1-4H3/b8-5+,11-7+. The van der Waals surface area contributed by atoms with E-state index in [-0.39, 0.29) is 0 Å². The highest BCUT2D eigenvalue weighted by atomic mass is 14.0. The van der Waals surface area contributed by atoms with Crippen LogP contribution in [0, 0.1) is 11.8 Å². The van der Waals surface area contributed by atoms with Gasteiger partial charge in [-0.25, -0.2) is 0 Å². The van der Waals surface area contributed by atoms with E-state index in [2.05, 4.69) is 52.0 Å². The highest BCUT2D eigenvalue weighted by Gasteiger charge is 1.95. The van der Waals surface area contributed by atoms with E-state index in [0.29, 0.717) is 5.92 Å². The molecule has 2 atom stereocenters. The molecule has 0 aromatic carbocycles. The number of hydrogen-bond acceptors (Lipinski definition) is 0. The lowest BCUT2D eigenvalue weighted by atomic mass is 10.0. The Hall–Kier alpha value is -0.520. The molecular weight excluding hydrogens is 156 g/mol. The minimum Gasteiger partial charge on any atom is -0.0914 e. The maximum absolute atomic E-state index is 2.35. The Kier molecular flexibility index (Phi) is 7.77. The fourth-order valence-electron chi connectivity index (χ4n) is 1.48. The Morgan fingerprint density at radius 3 is 2.31 bits per heavy atom. The van der Waals surface area contributed by atoms with Crippen LogP contribution < -0.4 is 0 Å². The van der Waals surface area contributed by atoms with Gasteiger partial charge in [0.05, 0.1) is 0 Å². The summed E-state index contributed by atoms with van der Waals surface area (Å²) in [6.45, 7) is 8.88. The van der Waals surface area contributed by atoms with E-state index >= 15 is 0 Å². The van der Waals surface area contributed by atoms with Crippen molar-refractivity contribution >= 4 is 0 Å². The zero-order valence-corrected chi connectivity index (χ0v) is 9.59. The van der Waals surface area contributed by atoms with E-state index in [1.165, 1.54) is 19.3 Å². The van der Waals surface area contributed by atoms with Crippen LogP contribution in [0.5, 0.6) is 0 Å². The summed E-state index contributed by atoms with van der Waals surface area (Å²) in [5.41, 5.74) is 0. The molecule has 0 rings (SSSR count). The molecular formula is C13H24. The predicted molar refractivity (Wildman–Crippen MR) is 61.8 cm³/mol. The summed E-state index contributed by atoms with van der Waals surface area (Å²) >= 11 is 0. The maximum atomic E-state index is 2.35. The summed E-state index contributed by atoms with van der Waals surface area (Å²) in [5.74, 6) is 1.44. The van der Waals surface area contributed by atoms with Gasteiger partial charge >= 0.3 is 0 Å². The van der Waals surface area contributed by atoms with Gasteiger partial charge in [-0.05, 0) is 31.6 Å². The zero-order valence-electron chi connectivity index (χ0n) is 9.59. The summed E-state index contributed by atoms with van der Waals surface area (Å²) in [5, 5.41) is 0. The van der Waals surface area contributed by atoms with Gasteiger partial charge in [0, 0.05) is 0 Å². The van der Waals surface area contributed by atoms with Gasteiger partial charge in [0.15, 0.2) is 0 Å². The second kappa shape index (κ2) is 8.10. The first kappa shape index (κ1) is 12.5. The van der Waals surface area contributed by atoms with Gasteiger partial charge in [0.1, 0.15) is 0 Å². The van der Waals surface area contributed by atoms with Crippen LogP contribution in [0.3, 0.4) is 0 Å². The predicted octanol–water partition coefficient (Wildman–Crippen LogP) is 4.58. The monoisotopic (exact) mass is 180 g/mol.